The lowest BCUT2D eigenvalue weighted by Gasteiger charge is -2.36. The van der Waals surface area contributed by atoms with Gasteiger partial charge < -0.3 is 24.8 Å². The molecule has 0 saturated carbocycles. The van der Waals surface area contributed by atoms with Crippen LogP contribution in [0.4, 0.5) is 10.5 Å². The first kappa shape index (κ1) is 29.4. The van der Waals surface area contributed by atoms with Crippen molar-refractivity contribution in [3.63, 3.8) is 0 Å². The van der Waals surface area contributed by atoms with Crippen molar-refractivity contribution < 1.29 is 24.2 Å². The van der Waals surface area contributed by atoms with Crippen LogP contribution >= 0.6 is 11.6 Å². The largest absolute Gasteiger partial charge is 0.465 e. The lowest BCUT2D eigenvalue weighted by atomic mass is 9.83. The quantitative estimate of drug-likeness (QED) is 0.308. The van der Waals surface area contributed by atoms with Gasteiger partial charge in [-0.25, -0.2) is 9.59 Å². The molecule has 212 valence electrons. The number of piperidine rings is 1. The van der Waals surface area contributed by atoms with Crippen LogP contribution in [0.2, 0.25) is 5.02 Å². The average molecular weight is 565 g/mol. The molecule has 1 fully saturated rings. The van der Waals surface area contributed by atoms with E-state index in [2.05, 4.69) is 10.2 Å². The molecule has 40 heavy (non-hydrogen) atoms. The van der Waals surface area contributed by atoms with Gasteiger partial charge in [0.2, 0.25) is 0 Å². The van der Waals surface area contributed by atoms with E-state index >= 15 is 0 Å². The number of ether oxygens (including phenoxy) is 2. The summed E-state index contributed by atoms with van der Waals surface area (Å²) < 4.78 is 10.2. The molecular formula is C32H37ClN2O5. The number of esters is 1. The number of amides is 1. The Morgan fingerprint density at radius 1 is 1.02 bits per heavy atom. The van der Waals surface area contributed by atoms with Gasteiger partial charge in [0.25, 0.3) is 0 Å². The monoisotopic (exact) mass is 564 g/mol. The molecule has 1 amide bonds. The molecule has 3 aromatic rings. The summed E-state index contributed by atoms with van der Waals surface area (Å²) in [4.78, 5) is 26.2. The first-order valence-corrected chi connectivity index (χ1v) is 13.9. The van der Waals surface area contributed by atoms with Crippen LogP contribution in [0, 0.1) is 5.92 Å². The number of benzene rings is 3. The van der Waals surface area contributed by atoms with Gasteiger partial charge in [0, 0.05) is 30.3 Å². The van der Waals surface area contributed by atoms with E-state index in [1.807, 2.05) is 75.4 Å². The molecule has 0 unspecified atom stereocenters. The van der Waals surface area contributed by atoms with Crippen LogP contribution < -0.4 is 10.2 Å². The zero-order valence-corrected chi connectivity index (χ0v) is 24.2. The van der Waals surface area contributed by atoms with Crippen molar-refractivity contribution in [1.29, 1.82) is 0 Å². The Morgan fingerprint density at radius 2 is 1.68 bits per heavy atom. The maximum atomic E-state index is 12.2. The summed E-state index contributed by atoms with van der Waals surface area (Å²) in [6.45, 7) is 7.33. The van der Waals surface area contributed by atoms with Gasteiger partial charge in [-0.15, -0.1) is 0 Å². The summed E-state index contributed by atoms with van der Waals surface area (Å²) in [6, 6.07) is 20.9. The molecule has 4 rings (SSSR count). The second-order valence-corrected chi connectivity index (χ2v) is 11.5. The Labute approximate surface area is 241 Å². The molecule has 8 heteroatoms. The Bertz CT molecular complexity index is 1310. The lowest BCUT2D eigenvalue weighted by molar-refractivity contribution is 0.0522. The highest BCUT2D eigenvalue weighted by atomic mass is 35.5. The summed E-state index contributed by atoms with van der Waals surface area (Å²) in [6.07, 6.45) is 0.445. The van der Waals surface area contributed by atoms with Gasteiger partial charge in [0.05, 0.1) is 18.8 Å². The van der Waals surface area contributed by atoms with E-state index in [9.17, 15) is 14.7 Å². The molecule has 0 radical (unpaired) electrons. The van der Waals surface area contributed by atoms with Gasteiger partial charge in [0.1, 0.15) is 5.60 Å². The van der Waals surface area contributed by atoms with Crippen molar-refractivity contribution in [2.24, 2.45) is 5.92 Å². The second-order valence-electron chi connectivity index (χ2n) is 11.1. The minimum atomic E-state index is -0.684. The number of nitrogens with zero attached hydrogens (tertiary/aromatic N) is 1. The van der Waals surface area contributed by atoms with Gasteiger partial charge in [-0.1, -0.05) is 41.9 Å². The van der Waals surface area contributed by atoms with Crippen LogP contribution in [-0.2, 0) is 16.0 Å². The van der Waals surface area contributed by atoms with Crippen molar-refractivity contribution in [3.05, 3.63) is 88.4 Å². The molecule has 1 aliphatic rings. The SMILES string of the molecule is COC(=O)c1ccc(N2CCC([C@H](O)c3cc(CNC(=O)OC(C)(C)C)ccc3-c3ccc(Cl)cc3)CC2)cc1. The first-order chi connectivity index (χ1) is 19.0. The van der Waals surface area contributed by atoms with E-state index < -0.39 is 17.8 Å². The molecule has 0 aromatic heterocycles. The minimum Gasteiger partial charge on any atom is -0.465 e. The van der Waals surface area contributed by atoms with Crippen LogP contribution in [0.25, 0.3) is 11.1 Å². The van der Waals surface area contributed by atoms with E-state index in [4.69, 9.17) is 21.1 Å². The highest BCUT2D eigenvalue weighted by molar-refractivity contribution is 6.30. The molecule has 7 nitrogen and oxygen atoms in total. The number of aliphatic hydroxyl groups is 1. The van der Waals surface area contributed by atoms with Gasteiger partial charge in [-0.3, -0.25) is 0 Å². The smallest absolute Gasteiger partial charge is 0.407 e. The Hall–Kier alpha value is -3.55. The van der Waals surface area contributed by atoms with Gasteiger partial charge in [-0.2, -0.15) is 0 Å². The predicted molar refractivity (Wildman–Crippen MR) is 158 cm³/mol. The zero-order valence-electron chi connectivity index (χ0n) is 23.4. The molecule has 1 heterocycles. The third kappa shape index (κ3) is 7.55. The van der Waals surface area contributed by atoms with Crippen LogP contribution in [0.1, 0.15) is 61.2 Å². The molecule has 0 bridgehead atoms. The fourth-order valence-electron chi connectivity index (χ4n) is 5.00. The number of halogens is 1. The fourth-order valence-corrected chi connectivity index (χ4v) is 5.13. The fraction of sp³-hybridized carbons (Fsp3) is 0.375. The van der Waals surface area contributed by atoms with Crippen LogP contribution in [-0.4, -0.2) is 43.0 Å². The number of anilines is 1. The zero-order chi connectivity index (χ0) is 28.9. The third-order valence-corrected chi connectivity index (χ3v) is 7.32. The summed E-state index contributed by atoms with van der Waals surface area (Å²) in [7, 11) is 1.37. The van der Waals surface area contributed by atoms with E-state index in [0.717, 1.165) is 53.9 Å². The number of alkyl carbamates (subject to hydrolysis) is 1. The topological polar surface area (TPSA) is 88.1 Å². The number of aliphatic hydroxyl groups excluding tert-OH is 1. The Kier molecular flexibility index (Phi) is 9.38. The molecule has 1 aliphatic heterocycles. The first-order valence-electron chi connectivity index (χ1n) is 13.5. The Balaban J connectivity index is 1.50. The lowest BCUT2D eigenvalue weighted by Crippen LogP contribution is -2.35. The molecular weight excluding hydrogens is 528 g/mol. The van der Waals surface area contributed by atoms with E-state index in [1.165, 1.54) is 7.11 Å². The van der Waals surface area contributed by atoms with Crippen molar-refractivity contribution in [2.75, 3.05) is 25.1 Å². The number of methoxy groups -OCH3 is 1. The molecule has 0 spiro atoms. The van der Waals surface area contributed by atoms with Crippen molar-refractivity contribution in [1.82, 2.24) is 5.32 Å². The summed E-state index contributed by atoms with van der Waals surface area (Å²) >= 11 is 6.13. The third-order valence-electron chi connectivity index (χ3n) is 7.07. The highest BCUT2D eigenvalue weighted by Crippen LogP contribution is 2.38. The maximum absolute atomic E-state index is 12.2. The number of rotatable bonds is 7. The van der Waals surface area contributed by atoms with Gasteiger partial charge in [-0.05, 0) is 98.2 Å². The number of hydrogen-bond donors (Lipinski definition) is 2. The van der Waals surface area contributed by atoms with Gasteiger partial charge >= 0.3 is 12.1 Å². The number of hydrogen-bond acceptors (Lipinski definition) is 6. The standard InChI is InChI=1S/C32H37ClN2O5/c1-32(2,3)40-31(38)34-20-21-5-14-27(22-6-10-25(33)11-7-22)28(19-21)29(36)23-15-17-35(18-16-23)26-12-8-24(9-13-26)30(37)39-4/h5-14,19,23,29,36H,15-18,20H2,1-4H3,(H,34,38)/t29-/m0/s1. The van der Waals surface area contributed by atoms with Crippen molar-refractivity contribution >= 4 is 29.4 Å². The molecule has 3 aromatic carbocycles. The van der Waals surface area contributed by atoms with Crippen molar-refractivity contribution in [2.45, 2.75) is 51.9 Å². The van der Waals surface area contributed by atoms with Gasteiger partial charge in [0.15, 0.2) is 0 Å². The summed E-state index contributed by atoms with van der Waals surface area (Å²) in [5, 5.41) is 15.1. The summed E-state index contributed by atoms with van der Waals surface area (Å²) in [5.74, 6) is -0.292. The van der Waals surface area contributed by atoms with Crippen molar-refractivity contribution in [3.8, 4) is 11.1 Å². The second kappa shape index (κ2) is 12.7. The average Bonchev–Trinajstić information content (AvgIpc) is 2.95. The van der Waals surface area contributed by atoms with E-state index in [-0.39, 0.29) is 18.4 Å². The number of carbonyl (C=O) groups excluding carboxylic acids is 2. The molecule has 1 saturated heterocycles. The number of nitrogens with one attached hydrogen (secondary N) is 1. The maximum Gasteiger partial charge on any atom is 0.407 e. The molecule has 2 N–H and O–H groups in total. The highest BCUT2D eigenvalue weighted by Gasteiger charge is 2.28. The Morgan fingerprint density at radius 3 is 2.27 bits per heavy atom. The summed E-state index contributed by atoms with van der Waals surface area (Å²) in [5.41, 5.74) is 4.58. The predicted octanol–water partition coefficient (Wildman–Crippen LogP) is 6.77. The van der Waals surface area contributed by atoms with Crippen LogP contribution in [0.3, 0.4) is 0 Å². The number of carbonyl (C=O) groups is 2. The van der Waals surface area contributed by atoms with Crippen LogP contribution in [0.5, 0.6) is 0 Å². The normalized spacial score (nSPS) is 14.9. The van der Waals surface area contributed by atoms with Crippen LogP contribution in [0.15, 0.2) is 66.7 Å². The van der Waals surface area contributed by atoms with E-state index in [0.29, 0.717) is 10.6 Å². The molecule has 0 aliphatic carbocycles. The van der Waals surface area contributed by atoms with E-state index in [1.54, 1.807) is 12.1 Å². The molecule has 1 atom stereocenters. The minimum absolute atomic E-state index is 0.0608.